The van der Waals surface area contributed by atoms with Crippen LogP contribution in [0.1, 0.15) is 10.4 Å². The number of hydrogen-bond donors (Lipinski definition) is 1. The van der Waals surface area contributed by atoms with E-state index in [-0.39, 0.29) is 5.75 Å². The number of anilines is 1. The van der Waals surface area contributed by atoms with E-state index in [0.717, 1.165) is 0 Å². The highest BCUT2D eigenvalue weighted by atomic mass is 19.1. The first-order valence-electron chi connectivity index (χ1n) is 5.51. The second-order valence-corrected chi connectivity index (χ2v) is 3.80. The molecule has 0 fully saturated rings. The van der Waals surface area contributed by atoms with Gasteiger partial charge in [0.25, 0.3) is 0 Å². The van der Waals surface area contributed by atoms with Gasteiger partial charge < -0.3 is 15.2 Å². The van der Waals surface area contributed by atoms with Crippen molar-refractivity contribution in [2.45, 2.75) is 0 Å². The molecule has 0 spiro atoms. The Labute approximate surface area is 109 Å². The van der Waals surface area contributed by atoms with E-state index < -0.39 is 11.8 Å². The number of carbonyl (C=O) groups excluding carboxylic acids is 1. The number of esters is 1. The van der Waals surface area contributed by atoms with Gasteiger partial charge >= 0.3 is 5.97 Å². The Morgan fingerprint density at radius 3 is 2.68 bits per heavy atom. The van der Waals surface area contributed by atoms with E-state index >= 15 is 0 Å². The fraction of sp³-hybridized carbons (Fsp3) is 0.0714. The van der Waals surface area contributed by atoms with E-state index in [2.05, 4.69) is 4.74 Å². The lowest BCUT2D eigenvalue weighted by Crippen LogP contribution is -2.02. The van der Waals surface area contributed by atoms with Gasteiger partial charge in [0.05, 0.1) is 18.4 Å². The molecule has 0 atom stereocenters. The summed E-state index contributed by atoms with van der Waals surface area (Å²) in [5.74, 6) is -0.341. The summed E-state index contributed by atoms with van der Waals surface area (Å²) in [6, 6.07) is 10.1. The Morgan fingerprint density at radius 1 is 1.21 bits per heavy atom. The summed E-state index contributed by atoms with van der Waals surface area (Å²) >= 11 is 0. The Hall–Kier alpha value is -2.56. The van der Waals surface area contributed by atoms with Crippen LogP contribution in [-0.4, -0.2) is 13.1 Å². The van der Waals surface area contributed by atoms with E-state index in [1.165, 1.54) is 43.5 Å². The SMILES string of the molecule is COC(=O)c1ccc(N)c(Oc2cccc(F)c2)c1. The maximum atomic E-state index is 13.0. The van der Waals surface area contributed by atoms with Gasteiger partial charge in [0.15, 0.2) is 5.75 Å². The molecule has 2 rings (SSSR count). The lowest BCUT2D eigenvalue weighted by atomic mass is 10.2. The van der Waals surface area contributed by atoms with Crippen LogP contribution in [-0.2, 0) is 4.74 Å². The number of rotatable bonds is 3. The predicted molar refractivity (Wildman–Crippen MR) is 68.7 cm³/mol. The molecule has 0 unspecified atom stereocenters. The second kappa shape index (κ2) is 5.39. The average molecular weight is 261 g/mol. The third-order valence-electron chi connectivity index (χ3n) is 2.46. The molecular weight excluding hydrogens is 249 g/mol. The van der Waals surface area contributed by atoms with E-state index in [1.54, 1.807) is 6.07 Å². The minimum absolute atomic E-state index is 0.272. The molecule has 0 aliphatic rings. The summed E-state index contributed by atoms with van der Waals surface area (Å²) in [6.45, 7) is 0. The molecule has 0 aliphatic carbocycles. The molecule has 0 radical (unpaired) electrons. The Kier molecular flexibility index (Phi) is 3.66. The number of nitrogens with two attached hydrogens (primary N) is 1. The molecule has 0 bridgehead atoms. The molecule has 2 aromatic rings. The molecule has 2 N–H and O–H groups in total. The summed E-state index contributed by atoms with van der Waals surface area (Å²) in [4.78, 5) is 11.4. The van der Waals surface area contributed by atoms with E-state index in [4.69, 9.17) is 10.5 Å². The van der Waals surface area contributed by atoms with Crippen LogP contribution in [0.15, 0.2) is 42.5 Å². The van der Waals surface area contributed by atoms with Gasteiger partial charge in [-0.3, -0.25) is 0 Å². The van der Waals surface area contributed by atoms with Crippen molar-refractivity contribution >= 4 is 11.7 Å². The van der Waals surface area contributed by atoms with Gasteiger partial charge in [-0.05, 0) is 30.3 Å². The fourth-order valence-corrected chi connectivity index (χ4v) is 1.53. The fourth-order valence-electron chi connectivity index (χ4n) is 1.53. The molecule has 5 heteroatoms. The molecule has 0 saturated heterocycles. The first kappa shape index (κ1) is 12.9. The van der Waals surface area contributed by atoms with Gasteiger partial charge in [-0.1, -0.05) is 6.07 Å². The number of nitrogen functional groups attached to an aromatic ring is 1. The van der Waals surface area contributed by atoms with Crippen LogP contribution in [0.25, 0.3) is 0 Å². The Balaban J connectivity index is 2.31. The van der Waals surface area contributed by atoms with Crippen LogP contribution < -0.4 is 10.5 Å². The molecule has 98 valence electrons. The van der Waals surface area contributed by atoms with Crippen molar-refractivity contribution in [3.63, 3.8) is 0 Å². The molecule has 0 amide bonds. The second-order valence-electron chi connectivity index (χ2n) is 3.80. The van der Waals surface area contributed by atoms with Crippen molar-refractivity contribution in [3.8, 4) is 11.5 Å². The van der Waals surface area contributed by atoms with Gasteiger partial charge in [-0.2, -0.15) is 0 Å². The standard InChI is InChI=1S/C14H12FNO3/c1-18-14(17)9-5-6-12(16)13(7-9)19-11-4-2-3-10(15)8-11/h2-8H,16H2,1H3. The van der Waals surface area contributed by atoms with Crippen LogP contribution in [0, 0.1) is 5.82 Å². The first-order chi connectivity index (χ1) is 9.10. The minimum atomic E-state index is -0.496. The van der Waals surface area contributed by atoms with Crippen molar-refractivity contribution in [1.82, 2.24) is 0 Å². The molecule has 0 aromatic heterocycles. The maximum Gasteiger partial charge on any atom is 0.337 e. The summed E-state index contributed by atoms with van der Waals surface area (Å²) < 4.78 is 23.1. The van der Waals surface area contributed by atoms with Crippen LogP contribution in [0.3, 0.4) is 0 Å². The van der Waals surface area contributed by atoms with Gasteiger partial charge in [0.1, 0.15) is 11.6 Å². The minimum Gasteiger partial charge on any atom is -0.465 e. The van der Waals surface area contributed by atoms with Gasteiger partial charge in [-0.25, -0.2) is 9.18 Å². The number of methoxy groups -OCH3 is 1. The molecular formula is C14H12FNO3. The van der Waals surface area contributed by atoms with Crippen LogP contribution >= 0.6 is 0 Å². The molecule has 4 nitrogen and oxygen atoms in total. The van der Waals surface area contributed by atoms with E-state index in [1.807, 2.05) is 0 Å². The van der Waals surface area contributed by atoms with Crippen molar-refractivity contribution in [2.24, 2.45) is 0 Å². The first-order valence-corrected chi connectivity index (χ1v) is 5.51. The number of benzene rings is 2. The van der Waals surface area contributed by atoms with Crippen LogP contribution in [0.5, 0.6) is 11.5 Å². The zero-order chi connectivity index (χ0) is 13.8. The largest absolute Gasteiger partial charge is 0.465 e. The number of ether oxygens (including phenoxy) is 2. The maximum absolute atomic E-state index is 13.0. The summed E-state index contributed by atoms with van der Waals surface area (Å²) in [6.07, 6.45) is 0. The zero-order valence-electron chi connectivity index (χ0n) is 10.2. The number of hydrogen-bond acceptors (Lipinski definition) is 4. The number of carbonyl (C=O) groups is 1. The molecule has 0 saturated carbocycles. The molecule has 0 heterocycles. The van der Waals surface area contributed by atoms with Crippen molar-refractivity contribution in [2.75, 3.05) is 12.8 Å². The lowest BCUT2D eigenvalue weighted by Gasteiger charge is -2.09. The lowest BCUT2D eigenvalue weighted by molar-refractivity contribution is 0.0600. The van der Waals surface area contributed by atoms with E-state index in [0.29, 0.717) is 17.0 Å². The summed E-state index contributed by atoms with van der Waals surface area (Å²) in [5, 5.41) is 0. The third-order valence-corrected chi connectivity index (χ3v) is 2.46. The quantitative estimate of drug-likeness (QED) is 0.681. The highest BCUT2D eigenvalue weighted by molar-refractivity contribution is 5.90. The highest BCUT2D eigenvalue weighted by Gasteiger charge is 2.10. The molecule has 19 heavy (non-hydrogen) atoms. The van der Waals surface area contributed by atoms with Crippen LogP contribution in [0.2, 0.25) is 0 Å². The third kappa shape index (κ3) is 3.01. The van der Waals surface area contributed by atoms with Crippen molar-refractivity contribution < 1.29 is 18.7 Å². The summed E-state index contributed by atoms with van der Waals surface area (Å²) in [5.41, 5.74) is 6.40. The van der Waals surface area contributed by atoms with Gasteiger partial charge in [-0.15, -0.1) is 0 Å². The monoisotopic (exact) mass is 261 g/mol. The van der Waals surface area contributed by atoms with Crippen molar-refractivity contribution in [1.29, 1.82) is 0 Å². The van der Waals surface area contributed by atoms with Gasteiger partial charge in [0, 0.05) is 6.07 Å². The normalized spacial score (nSPS) is 10.0. The Morgan fingerprint density at radius 2 is 2.00 bits per heavy atom. The predicted octanol–water partition coefficient (Wildman–Crippen LogP) is 2.99. The number of halogens is 1. The van der Waals surface area contributed by atoms with Crippen LogP contribution in [0.4, 0.5) is 10.1 Å². The van der Waals surface area contributed by atoms with E-state index in [9.17, 15) is 9.18 Å². The zero-order valence-corrected chi connectivity index (χ0v) is 10.2. The molecule has 0 aliphatic heterocycles. The smallest absolute Gasteiger partial charge is 0.337 e. The average Bonchev–Trinajstić information content (AvgIpc) is 2.40. The van der Waals surface area contributed by atoms with Crippen molar-refractivity contribution in [3.05, 3.63) is 53.8 Å². The summed E-state index contributed by atoms with van der Waals surface area (Å²) in [7, 11) is 1.28. The van der Waals surface area contributed by atoms with Gasteiger partial charge in [0.2, 0.25) is 0 Å². The molecule has 2 aromatic carbocycles. The Bertz CT molecular complexity index is 613. The highest BCUT2D eigenvalue weighted by Crippen LogP contribution is 2.28. The topological polar surface area (TPSA) is 61.5 Å².